The van der Waals surface area contributed by atoms with Crippen LogP contribution >= 0.6 is 0 Å². The van der Waals surface area contributed by atoms with E-state index in [2.05, 4.69) is 40.7 Å². The fourth-order valence-electron chi connectivity index (χ4n) is 12.3. The van der Waals surface area contributed by atoms with Crippen LogP contribution in [0.25, 0.3) is 0 Å². The fourth-order valence-corrected chi connectivity index (χ4v) is 12.3. The second kappa shape index (κ2) is 12.9. The lowest BCUT2D eigenvalue weighted by Gasteiger charge is -2.68. The number of esters is 1. The second-order valence-electron chi connectivity index (χ2n) is 18.4. The van der Waals surface area contributed by atoms with Crippen molar-refractivity contribution in [1.29, 1.82) is 5.26 Å². The topological polar surface area (TPSA) is 130 Å². The largest absolute Gasteiger partial charge is 0.432 e. The highest BCUT2D eigenvalue weighted by Gasteiger charge is 2.71. The van der Waals surface area contributed by atoms with E-state index in [1.807, 2.05) is 26.0 Å². The molecule has 6 aliphatic rings. The van der Waals surface area contributed by atoms with E-state index in [1.54, 1.807) is 28.4 Å². The summed E-state index contributed by atoms with van der Waals surface area (Å²) in [5.41, 5.74) is -1.94. The molecule has 1 saturated heterocycles. The molecule has 10 heteroatoms. The molecule has 2 unspecified atom stereocenters. The molecule has 6 rings (SSSR count). The van der Waals surface area contributed by atoms with Crippen molar-refractivity contribution in [2.24, 2.45) is 50.2 Å². The Bertz CT molecular complexity index is 1560. The number of nitriles is 1. The first-order valence-electron chi connectivity index (χ1n) is 18.7. The Morgan fingerprint density at radius 1 is 0.902 bits per heavy atom. The molecule has 51 heavy (non-hydrogen) atoms. The standard InChI is InChI=1S/C41H59NO9/c1-36(2)14-16-41(35(45)51-34-32(49-11)31(48-10)30(47-9)26(50-34)22-46-8)17-15-40(7)29(24(41)20-36)25(43)18-28-38(5)19-23(21-42)33(44)37(3,4)27(38)12-13-39(28,40)6/h18-19,24,26-27,29-32,34H,12-17,20,22H2,1-11H3/t24?,26-,27+,29?,30-,31+,32-,34+,38+,39-,40-,41+/m1/s1. The summed E-state index contributed by atoms with van der Waals surface area (Å²) in [6, 6.07) is 2.19. The molecule has 0 bridgehead atoms. The predicted molar refractivity (Wildman–Crippen MR) is 188 cm³/mol. The van der Waals surface area contributed by atoms with Gasteiger partial charge in [-0.15, -0.1) is 0 Å². The zero-order valence-electron chi connectivity index (χ0n) is 32.6. The molecule has 5 aliphatic carbocycles. The van der Waals surface area contributed by atoms with Crippen LogP contribution in [0, 0.1) is 61.6 Å². The number of allylic oxidation sites excluding steroid dienone is 4. The number of nitrogens with zero attached hydrogens (tertiary/aromatic N) is 1. The number of rotatable bonds is 7. The van der Waals surface area contributed by atoms with Crippen molar-refractivity contribution in [3.8, 4) is 6.07 Å². The van der Waals surface area contributed by atoms with Crippen LogP contribution in [-0.4, -0.2) is 83.3 Å². The summed E-state index contributed by atoms with van der Waals surface area (Å²) in [5, 5.41) is 10.0. The Labute approximate surface area is 303 Å². The van der Waals surface area contributed by atoms with E-state index in [0.717, 1.165) is 24.8 Å². The number of hydrogen-bond acceptors (Lipinski definition) is 10. The van der Waals surface area contributed by atoms with E-state index >= 15 is 0 Å². The third-order valence-electron chi connectivity index (χ3n) is 15.2. The maximum Gasteiger partial charge on any atom is 0.314 e. The Morgan fingerprint density at radius 2 is 1.55 bits per heavy atom. The number of hydrogen-bond donors (Lipinski definition) is 0. The Hall–Kier alpha value is -2.42. The van der Waals surface area contributed by atoms with Gasteiger partial charge in [0, 0.05) is 45.2 Å². The maximum absolute atomic E-state index is 14.9. The van der Waals surface area contributed by atoms with E-state index in [4.69, 9.17) is 28.4 Å². The van der Waals surface area contributed by atoms with Crippen molar-refractivity contribution in [2.45, 2.75) is 124 Å². The summed E-state index contributed by atoms with van der Waals surface area (Å²) in [6.45, 7) is 15.3. The summed E-state index contributed by atoms with van der Waals surface area (Å²) in [7, 11) is 6.27. The molecule has 1 heterocycles. The van der Waals surface area contributed by atoms with Crippen LogP contribution in [0.5, 0.6) is 0 Å². The van der Waals surface area contributed by atoms with Gasteiger partial charge in [0.2, 0.25) is 6.29 Å². The first-order chi connectivity index (χ1) is 23.9. The molecule has 10 nitrogen and oxygen atoms in total. The normalized spacial score (nSPS) is 45.5. The fraction of sp³-hybridized carbons (Fsp3) is 0.805. The highest BCUT2D eigenvalue weighted by Crippen LogP contribution is 2.74. The zero-order chi connectivity index (χ0) is 37.5. The monoisotopic (exact) mass is 709 g/mol. The second-order valence-corrected chi connectivity index (χ2v) is 18.4. The summed E-state index contributed by atoms with van der Waals surface area (Å²) in [6.07, 6.45) is 5.34. The van der Waals surface area contributed by atoms with Gasteiger partial charge in [-0.25, -0.2) is 0 Å². The van der Waals surface area contributed by atoms with Crippen molar-refractivity contribution >= 4 is 17.5 Å². The van der Waals surface area contributed by atoms with Crippen LogP contribution in [0.1, 0.15) is 93.4 Å². The van der Waals surface area contributed by atoms with Gasteiger partial charge >= 0.3 is 5.97 Å². The van der Waals surface area contributed by atoms with E-state index < -0.39 is 58.3 Å². The maximum atomic E-state index is 14.9. The summed E-state index contributed by atoms with van der Waals surface area (Å²) in [4.78, 5) is 43.3. The lowest BCUT2D eigenvalue weighted by molar-refractivity contribution is -0.309. The first-order valence-corrected chi connectivity index (χ1v) is 18.7. The number of methoxy groups -OCH3 is 4. The van der Waals surface area contributed by atoms with Gasteiger partial charge in [-0.1, -0.05) is 60.1 Å². The first kappa shape index (κ1) is 38.3. The number of ether oxygens (including phenoxy) is 6. The van der Waals surface area contributed by atoms with Gasteiger partial charge in [-0.2, -0.15) is 5.26 Å². The van der Waals surface area contributed by atoms with Crippen molar-refractivity contribution in [3.63, 3.8) is 0 Å². The molecule has 0 amide bonds. The van der Waals surface area contributed by atoms with Crippen molar-refractivity contribution in [2.75, 3.05) is 35.0 Å². The van der Waals surface area contributed by atoms with Gasteiger partial charge in [0.25, 0.3) is 0 Å². The van der Waals surface area contributed by atoms with Crippen LogP contribution in [0.15, 0.2) is 23.3 Å². The highest BCUT2D eigenvalue weighted by molar-refractivity contribution is 6.04. The van der Waals surface area contributed by atoms with Crippen molar-refractivity contribution in [3.05, 3.63) is 23.3 Å². The minimum absolute atomic E-state index is 0.0343. The van der Waals surface area contributed by atoms with Crippen LogP contribution in [0.3, 0.4) is 0 Å². The molecular weight excluding hydrogens is 650 g/mol. The van der Waals surface area contributed by atoms with Gasteiger partial charge in [0.15, 0.2) is 11.6 Å². The van der Waals surface area contributed by atoms with Gasteiger partial charge in [-0.3, -0.25) is 14.4 Å². The molecule has 0 aromatic carbocycles. The smallest absolute Gasteiger partial charge is 0.314 e. The van der Waals surface area contributed by atoms with Gasteiger partial charge in [0.1, 0.15) is 30.5 Å². The average Bonchev–Trinajstić information content (AvgIpc) is 3.07. The van der Waals surface area contributed by atoms with E-state index in [1.165, 1.54) is 0 Å². The molecule has 12 atom stereocenters. The number of Topliss-reactive ketones (excluding diaryl/α,β-unsaturated/α-hetero) is 1. The van der Waals surface area contributed by atoms with Crippen molar-refractivity contribution in [1.82, 2.24) is 0 Å². The molecule has 0 aromatic rings. The summed E-state index contributed by atoms with van der Waals surface area (Å²) in [5.74, 6) is -1.11. The Morgan fingerprint density at radius 3 is 2.16 bits per heavy atom. The molecule has 0 aromatic heterocycles. The van der Waals surface area contributed by atoms with E-state index in [0.29, 0.717) is 25.7 Å². The lowest BCUT2D eigenvalue weighted by atomic mass is 9.34. The van der Waals surface area contributed by atoms with Gasteiger partial charge in [0.05, 0.1) is 17.6 Å². The van der Waals surface area contributed by atoms with Crippen molar-refractivity contribution < 1.29 is 42.8 Å². The predicted octanol–water partition coefficient (Wildman–Crippen LogP) is 6.17. The third kappa shape index (κ3) is 5.38. The molecule has 4 fully saturated rings. The highest BCUT2D eigenvalue weighted by atomic mass is 16.7. The van der Waals surface area contributed by atoms with E-state index in [9.17, 15) is 19.6 Å². The third-order valence-corrected chi connectivity index (χ3v) is 15.2. The minimum atomic E-state index is -1.06. The number of fused-ring (bicyclic) bond motifs is 7. The zero-order valence-corrected chi connectivity index (χ0v) is 32.6. The molecule has 0 radical (unpaired) electrons. The molecular formula is C41H59NO9. The number of carbonyl (C=O) groups excluding carboxylic acids is 3. The average molecular weight is 710 g/mol. The Balaban J connectivity index is 1.41. The molecule has 3 saturated carbocycles. The van der Waals surface area contributed by atoms with Crippen LogP contribution in [0.2, 0.25) is 0 Å². The molecule has 0 spiro atoms. The molecule has 0 N–H and O–H groups in total. The number of ketones is 2. The lowest BCUT2D eigenvalue weighted by Crippen LogP contribution is -2.66. The Kier molecular flexibility index (Phi) is 9.66. The summed E-state index contributed by atoms with van der Waals surface area (Å²) >= 11 is 0. The van der Waals surface area contributed by atoms with E-state index in [-0.39, 0.29) is 52.4 Å². The van der Waals surface area contributed by atoms with Gasteiger partial charge in [-0.05, 0) is 79.1 Å². The van der Waals surface area contributed by atoms with Crippen LogP contribution < -0.4 is 0 Å². The quantitative estimate of drug-likeness (QED) is 0.283. The van der Waals surface area contributed by atoms with Crippen LogP contribution in [-0.2, 0) is 42.8 Å². The van der Waals surface area contributed by atoms with Gasteiger partial charge < -0.3 is 28.4 Å². The number of carbonyl (C=O) groups is 3. The summed E-state index contributed by atoms with van der Waals surface area (Å²) < 4.78 is 35.6. The van der Waals surface area contributed by atoms with Crippen LogP contribution in [0.4, 0.5) is 0 Å². The molecule has 282 valence electrons. The molecule has 1 aliphatic heterocycles. The minimum Gasteiger partial charge on any atom is -0.432 e. The SMILES string of the molecule is COC[C@H]1O[C@@H](OC(=O)[C@]23CCC(C)(C)CC2C2C(=O)C=C4[C@@]5(C)C=C(C#N)C(=O)C(C)(C)[C@@H]5CC[C@@]4(C)[C@]2(C)CC3)[C@H](OC)[C@@H](OC)[C@@H]1OC.